The van der Waals surface area contributed by atoms with E-state index < -0.39 is 0 Å². The van der Waals surface area contributed by atoms with Crippen LogP contribution in [0.15, 0.2) is 42.5 Å². The summed E-state index contributed by atoms with van der Waals surface area (Å²) in [5, 5.41) is 6.58. The summed E-state index contributed by atoms with van der Waals surface area (Å²) in [6, 6.07) is 12.0. The molecule has 0 aliphatic heterocycles. The monoisotopic (exact) mass is 332 g/mol. The number of thiocarbonyl (C=S) groups is 1. The van der Waals surface area contributed by atoms with E-state index in [4.69, 9.17) is 17.0 Å². The lowest BCUT2D eigenvalue weighted by Crippen LogP contribution is -2.20. The first-order valence-electron chi connectivity index (χ1n) is 7.31. The number of nitrogens with one attached hydrogen (secondary N) is 2. The second-order valence-electron chi connectivity index (χ2n) is 6.25. The van der Waals surface area contributed by atoms with Crippen molar-refractivity contribution in [2.45, 2.75) is 26.2 Å². The number of ether oxygens (including phenoxy) is 1. The van der Waals surface area contributed by atoms with Gasteiger partial charge in [-0.2, -0.15) is 0 Å². The van der Waals surface area contributed by atoms with Crippen LogP contribution in [0.4, 0.5) is 15.8 Å². The van der Waals surface area contributed by atoms with Crippen LogP contribution in [0.2, 0.25) is 0 Å². The lowest BCUT2D eigenvalue weighted by molar-refractivity contribution is 0.416. The molecule has 122 valence electrons. The molecule has 0 spiro atoms. The van der Waals surface area contributed by atoms with Crippen LogP contribution < -0.4 is 15.4 Å². The molecule has 0 bridgehead atoms. The summed E-state index contributed by atoms with van der Waals surface area (Å²) < 4.78 is 18.3. The minimum Gasteiger partial charge on any atom is -0.495 e. The highest BCUT2D eigenvalue weighted by atomic mass is 32.1. The number of halogens is 1. The maximum atomic E-state index is 12.9. The van der Waals surface area contributed by atoms with Gasteiger partial charge < -0.3 is 15.4 Å². The molecule has 0 unspecified atom stereocenters. The molecular formula is C18H21FN2OS. The predicted octanol–water partition coefficient (Wildman–Crippen LogP) is 4.94. The highest BCUT2D eigenvalue weighted by Gasteiger charge is 2.16. The summed E-state index contributed by atoms with van der Waals surface area (Å²) in [5.41, 5.74) is 2.70. The number of anilines is 2. The summed E-state index contributed by atoms with van der Waals surface area (Å²) in [7, 11) is 1.62. The van der Waals surface area contributed by atoms with Crippen molar-refractivity contribution in [3.8, 4) is 5.75 Å². The van der Waals surface area contributed by atoms with Crippen LogP contribution in [-0.2, 0) is 5.41 Å². The number of methoxy groups -OCH3 is 1. The Bertz CT molecular complexity index is 693. The zero-order chi connectivity index (χ0) is 17.0. The molecule has 0 aliphatic carbocycles. The van der Waals surface area contributed by atoms with Crippen LogP contribution in [0.1, 0.15) is 26.3 Å². The fourth-order valence-electron chi connectivity index (χ4n) is 2.09. The quantitative estimate of drug-likeness (QED) is 0.780. The Hall–Kier alpha value is -2.14. The topological polar surface area (TPSA) is 33.3 Å². The summed E-state index contributed by atoms with van der Waals surface area (Å²) in [6.45, 7) is 6.44. The fraction of sp³-hybridized carbons (Fsp3) is 0.278. The largest absolute Gasteiger partial charge is 0.495 e. The zero-order valence-corrected chi connectivity index (χ0v) is 14.6. The van der Waals surface area contributed by atoms with E-state index in [1.165, 1.54) is 17.7 Å². The van der Waals surface area contributed by atoms with Gasteiger partial charge in [0.15, 0.2) is 5.11 Å². The maximum absolute atomic E-state index is 12.9. The molecule has 0 atom stereocenters. The summed E-state index contributed by atoms with van der Waals surface area (Å²) in [5.74, 6) is 0.426. The standard InChI is InChI=1S/C18H21FN2OS/c1-18(2,3)12-5-10-16(22-4)15(11-12)21-17(23)20-14-8-6-13(19)7-9-14/h5-11H,1-4H3,(H2,20,21,23). The zero-order valence-electron chi connectivity index (χ0n) is 13.7. The molecule has 2 rings (SSSR count). The molecule has 2 N–H and O–H groups in total. The van der Waals surface area contributed by atoms with Crippen LogP contribution >= 0.6 is 12.2 Å². The van der Waals surface area contributed by atoms with Crippen molar-refractivity contribution in [2.24, 2.45) is 0 Å². The average Bonchev–Trinajstić information content (AvgIpc) is 2.48. The Kier molecular flexibility index (Phi) is 5.21. The van der Waals surface area contributed by atoms with E-state index in [1.807, 2.05) is 18.2 Å². The SMILES string of the molecule is COc1ccc(C(C)(C)C)cc1NC(=S)Nc1ccc(F)cc1. The van der Waals surface area contributed by atoms with Crippen LogP contribution in [0.5, 0.6) is 5.75 Å². The van der Waals surface area contributed by atoms with Crippen molar-refractivity contribution in [2.75, 3.05) is 17.7 Å². The molecule has 0 radical (unpaired) electrons. The van der Waals surface area contributed by atoms with Gasteiger partial charge in [-0.05, 0) is 59.6 Å². The molecule has 0 saturated carbocycles. The maximum Gasteiger partial charge on any atom is 0.175 e. The van der Waals surface area contributed by atoms with Gasteiger partial charge in [0, 0.05) is 5.69 Å². The van der Waals surface area contributed by atoms with Gasteiger partial charge >= 0.3 is 0 Å². The van der Waals surface area contributed by atoms with E-state index in [0.29, 0.717) is 10.9 Å². The first-order chi connectivity index (χ1) is 10.8. The van der Waals surface area contributed by atoms with Gasteiger partial charge in [0.2, 0.25) is 0 Å². The third-order valence-electron chi connectivity index (χ3n) is 3.42. The third-order valence-corrected chi connectivity index (χ3v) is 3.62. The van der Waals surface area contributed by atoms with Crippen molar-refractivity contribution in [1.82, 2.24) is 0 Å². The average molecular weight is 332 g/mol. The molecule has 5 heteroatoms. The van der Waals surface area contributed by atoms with Crippen LogP contribution in [0.25, 0.3) is 0 Å². The van der Waals surface area contributed by atoms with Gasteiger partial charge in [-0.1, -0.05) is 26.8 Å². The second kappa shape index (κ2) is 6.96. The summed E-state index contributed by atoms with van der Waals surface area (Å²) >= 11 is 5.32. The van der Waals surface area contributed by atoms with E-state index in [-0.39, 0.29) is 11.2 Å². The Morgan fingerprint density at radius 2 is 1.70 bits per heavy atom. The second-order valence-corrected chi connectivity index (χ2v) is 6.66. The molecular weight excluding hydrogens is 311 g/mol. The lowest BCUT2D eigenvalue weighted by Gasteiger charge is -2.22. The third kappa shape index (κ3) is 4.66. The van der Waals surface area contributed by atoms with Gasteiger partial charge in [0.25, 0.3) is 0 Å². The van der Waals surface area contributed by atoms with E-state index in [0.717, 1.165) is 11.4 Å². The minimum absolute atomic E-state index is 0.0225. The number of hydrogen-bond acceptors (Lipinski definition) is 2. The molecule has 2 aromatic rings. The van der Waals surface area contributed by atoms with Crippen LogP contribution in [-0.4, -0.2) is 12.2 Å². The number of rotatable bonds is 3. The van der Waals surface area contributed by atoms with Gasteiger partial charge in [-0.3, -0.25) is 0 Å². The number of benzene rings is 2. The fourth-order valence-corrected chi connectivity index (χ4v) is 2.32. The van der Waals surface area contributed by atoms with Crippen molar-refractivity contribution in [1.29, 1.82) is 0 Å². The van der Waals surface area contributed by atoms with Gasteiger partial charge in [-0.25, -0.2) is 4.39 Å². The van der Waals surface area contributed by atoms with Gasteiger partial charge in [0.05, 0.1) is 12.8 Å². The van der Waals surface area contributed by atoms with Crippen LogP contribution in [0.3, 0.4) is 0 Å². The molecule has 3 nitrogen and oxygen atoms in total. The van der Waals surface area contributed by atoms with Crippen molar-refractivity contribution >= 4 is 28.7 Å². The number of hydrogen-bond donors (Lipinski definition) is 2. The lowest BCUT2D eigenvalue weighted by atomic mass is 9.87. The smallest absolute Gasteiger partial charge is 0.175 e. The van der Waals surface area contributed by atoms with E-state index >= 15 is 0 Å². The van der Waals surface area contributed by atoms with E-state index in [1.54, 1.807) is 19.2 Å². The minimum atomic E-state index is -0.283. The molecule has 0 amide bonds. The van der Waals surface area contributed by atoms with Crippen molar-refractivity contribution in [3.63, 3.8) is 0 Å². The Morgan fingerprint density at radius 3 is 2.26 bits per heavy atom. The first-order valence-corrected chi connectivity index (χ1v) is 7.72. The van der Waals surface area contributed by atoms with Gasteiger partial charge in [0.1, 0.15) is 11.6 Å². The predicted molar refractivity (Wildman–Crippen MR) is 97.9 cm³/mol. The molecule has 2 aromatic carbocycles. The highest BCUT2D eigenvalue weighted by molar-refractivity contribution is 7.80. The molecule has 0 fully saturated rings. The molecule has 0 saturated heterocycles. The Labute approximate surface area is 141 Å². The van der Waals surface area contributed by atoms with Crippen molar-refractivity contribution in [3.05, 3.63) is 53.8 Å². The van der Waals surface area contributed by atoms with Crippen molar-refractivity contribution < 1.29 is 9.13 Å². The molecule has 23 heavy (non-hydrogen) atoms. The summed E-state index contributed by atoms with van der Waals surface area (Å²) in [6.07, 6.45) is 0. The molecule has 0 heterocycles. The van der Waals surface area contributed by atoms with Gasteiger partial charge in [-0.15, -0.1) is 0 Å². The normalized spacial score (nSPS) is 11.0. The van der Waals surface area contributed by atoms with Crippen LogP contribution in [0, 0.1) is 5.82 Å². The summed E-state index contributed by atoms with van der Waals surface area (Å²) in [4.78, 5) is 0. The highest BCUT2D eigenvalue weighted by Crippen LogP contribution is 2.31. The first kappa shape index (κ1) is 17.2. The Balaban J connectivity index is 2.17. The molecule has 0 aromatic heterocycles. The molecule has 0 aliphatic rings. The van der Waals surface area contributed by atoms with E-state index in [9.17, 15) is 4.39 Å². The Morgan fingerprint density at radius 1 is 1.04 bits per heavy atom. The van der Waals surface area contributed by atoms with E-state index in [2.05, 4.69) is 31.4 Å².